The minimum absolute atomic E-state index is 0.0241. The van der Waals surface area contributed by atoms with Gasteiger partial charge in [0.2, 0.25) is 0 Å². The van der Waals surface area contributed by atoms with Crippen LogP contribution in [0.4, 0.5) is 0 Å². The molecule has 5 rings (SSSR count). The molecule has 0 spiro atoms. The van der Waals surface area contributed by atoms with Crippen molar-refractivity contribution >= 4 is 23.3 Å². The molecule has 76 heavy (non-hydrogen) atoms. The molecule has 2 heterocycles. The van der Waals surface area contributed by atoms with Gasteiger partial charge in [0, 0.05) is 29.2 Å². The molecule has 1 aliphatic heterocycles. The molecular formula is C72H107BN2O. The van der Waals surface area contributed by atoms with Crippen LogP contribution in [0.3, 0.4) is 0 Å². The minimum atomic E-state index is -0.214. The molecule has 0 bridgehead atoms. The number of nitrogens with zero attached hydrogens (tertiary/aromatic N) is 1. The number of allylic oxidation sites excluding steroid dienone is 13. The van der Waals surface area contributed by atoms with Crippen LogP contribution in [0, 0.1) is 45.8 Å². The van der Waals surface area contributed by atoms with Gasteiger partial charge in [-0.2, -0.15) is 0 Å². The molecule has 0 amide bonds. The van der Waals surface area contributed by atoms with Crippen molar-refractivity contribution in [3.63, 3.8) is 0 Å². The fourth-order valence-electron chi connectivity index (χ4n) is 11.9. The molecule has 414 valence electrons. The van der Waals surface area contributed by atoms with E-state index in [0.717, 1.165) is 86.6 Å². The Balaban J connectivity index is 1.90. The highest BCUT2D eigenvalue weighted by Gasteiger charge is 2.41. The molecule has 4 unspecified atom stereocenters. The smallest absolute Gasteiger partial charge is 0.285 e. The van der Waals surface area contributed by atoms with Gasteiger partial charge in [0.1, 0.15) is 5.58 Å². The minimum Gasteiger partial charge on any atom is -0.470 e. The highest BCUT2D eigenvalue weighted by Crippen LogP contribution is 2.48. The van der Waals surface area contributed by atoms with Crippen LogP contribution in [0.2, 0.25) is 0 Å². The number of hydrogen-bond acceptors (Lipinski definition) is 3. The van der Waals surface area contributed by atoms with E-state index in [9.17, 15) is 0 Å². The third-order valence-corrected chi connectivity index (χ3v) is 18.1. The Labute approximate surface area is 467 Å². The largest absolute Gasteiger partial charge is 0.470 e. The Morgan fingerprint density at radius 3 is 2.14 bits per heavy atom. The standard InChI is InChI=1S/C72H107BN2O/c1-24-31-64(74-39-30-33-58(26-3)68(13,14)15)63-48-75(65(43-56(40-49(5)6)52(10)25-2)53(11)55-32-28-29-35-69(16,17)36-34-51(9)41-55)59(45-60(50(7)8)54(12)70(18,19)27-4)47-73(63)67-44-57-42-61-62(46-66(57)76-67)72(22,23)38-37-71(61,20)21/h24,26,29-31,33,35,39-42,44,46-52,60,65,74H,1,3,11-12,25,27-28,32,34,36-38,43,45H2,2,4-10,13-23H3/b35-29+,39-30+,55-41-,56-40-,58-33+,64-31+. The molecule has 0 saturated heterocycles. The third kappa shape index (κ3) is 15.3. The molecular weight excluding hydrogens is 920 g/mol. The fourth-order valence-corrected chi connectivity index (χ4v) is 11.9. The van der Waals surface area contributed by atoms with Gasteiger partial charge in [-0.15, -0.1) is 0 Å². The zero-order valence-corrected chi connectivity index (χ0v) is 52.0. The van der Waals surface area contributed by atoms with Crippen LogP contribution in [-0.4, -0.2) is 17.7 Å². The number of furan rings is 1. The van der Waals surface area contributed by atoms with E-state index in [0.29, 0.717) is 23.7 Å². The van der Waals surface area contributed by atoms with Crippen LogP contribution in [-0.2, 0) is 10.8 Å². The van der Waals surface area contributed by atoms with Gasteiger partial charge in [-0.25, -0.2) is 0 Å². The van der Waals surface area contributed by atoms with Crippen LogP contribution in [0.15, 0.2) is 167 Å². The second kappa shape index (κ2) is 25.4. The van der Waals surface area contributed by atoms with Crippen molar-refractivity contribution in [2.24, 2.45) is 45.8 Å². The third-order valence-electron chi connectivity index (χ3n) is 18.1. The molecule has 2 aliphatic carbocycles. The summed E-state index contributed by atoms with van der Waals surface area (Å²) in [4.78, 5) is 2.68. The predicted octanol–water partition coefficient (Wildman–Crippen LogP) is 20.3. The predicted molar refractivity (Wildman–Crippen MR) is 338 cm³/mol. The summed E-state index contributed by atoms with van der Waals surface area (Å²) in [5.41, 5.74) is 15.0. The van der Waals surface area contributed by atoms with Crippen LogP contribution < -0.4 is 11.0 Å². The number of benzene rings is 1. The first-order chi connectivity index (χ1) is 35.4. The molecule has 4 atom stereocenters. The van der Waals surface area contributed by atoms with Crippen molar-refractivity contribution in [2.75, 3.05) is 0 Å². The zero-order valence-electron chi connectivity index (χ0n) is 52.0. The van der Waals surface area contributed by atoms with Crippen LogP contribution in [0.25, 0.3) is 11.0 Å². The summed E-state index contributed by atoms with van der Waals surface area (Å²) in [6, 6.07) is 7.13. The molecule has 3 aliphatic rings. The molecule has 3 nitrogen and oxygen atoms in total. The lowest BCUT2D eigenvalue weighted by Crippen LogP contribution is -2.43. The van der Waals surface area contributed by atoms with Crippen molar-refractivity contribution in [1.29, 1.82) is 0 Å². The van der Waals surface area contributed by atoms with Crippen molar-refractivity contribution in [1.82, 2.24) is 10.2 Å². The number of hydrogen-bond donors (Lipinski definition) is 1. The Morgan fingerprint density at radius 2 is 1.57 bits per heavy atom. The Hall–Kier alpha value is -4.70. The van der Waals surface area contributed by atoms with Gasteiger partial charge in [-0.1, -0.05) is 218 Å². The first-order valence-corrected chi connectivity index (χ1v) is 29.8. The van der Waals surface area contributed by atoms with Gasteiger partial charge >= 0.3 is 0 Å². The highest BCUT2D eigenvalue weighted by molar-refractivity contribution is 6.84. The van der Waals surface area contributed by atoms with Gasteiger partial charge in [0.25, 0.3) is 6.71 Å². The Bertz CT molecular complexity index is 2610. The highest BCUT2D eigenvalue weighted by atomic mass is 16.3. The van der Waals surface area contributed by atoms with Crippen molar-refractivity contribution in [3.05, 3.63) is 173 Å². The van der Waals surface area contributed by atoms with Gasteiger partial charge < -0.3 is 14.6 Å². The maximum atomic E-state index is 7.31. The van der Waals surface area contributed by atoms with E-state index in [1.165, 1.54) is 50.1 Å². The number of fused-ring (bicyclic) bond motifs is 2. The van der Waals surface area contributed by atoms with E-state index in [1.807, 2.05) is 12.2 Å². The summed E-state index contributed by atoms with van der Waals surface area (Å²) in [6.07, 6.45) is 35.3. The monoisotopic (exact) mass is 1030 g/mol. The zero-order chi connectivity index (χ0) is 56.7. The van der Waals surface area contributed by atoms with Crippen LogP contribution >= 0.6 is 0 Å². The van der Waals surface area contributed by atoms with Crippen molar-refractivity contribution < 1.29 is 4.42 Å². The summed E-state index contributed by atoms with van der Waals surface area (Å²) in [5, 5.41) is 4.99. The SMILES string of the molecule is C=C/C=C(/N/C=C/C=C(\C=C)C(C)(C)C)C1=CN(C(C/C(=C/C(C)C)C(C)CC)C(=C)/C2=C\C(C)CCC(C)(C)/C=C/CC2)C(CC(C(=C)C(C)(C)CC)C(C)C)=CB1c1cc2cc3c(cc2o1)C(C)(C)CCC3(C)C. The topological polar surface area (TPSA) is 28.4 Å². The van der Waals surface area contributed by atoms with E-state index < -0.39 is 0 Å². The summed E-state index contributed by atoms with van der Waals surface area (Å²) in [6.45, 7) is 63.3. The summed E-state index contributed by atoms with van der Waals surface area (Å²) in [5.74, 6) is 4.44. The van der Waals surface area contributed by atoms with Crippen molar-refractivity contribution in [3.8, 4) is 0 Å². The summed E-state index contributed by atoms with van der Waals surface area (Å²) >= 11 is 0. The molecule has 2 aromatic rings. The quantitative estimate of drug-likeness (QED) is 0.0767. The van der Waals surface area contributed by atoms with Gasteiger partial charge in [-0.05, 0) is 185 Å². The number of nitrogens with one attached hydrogen (secondary N) is 1. The second-order valence-corrected chi connectivity index (χ2v) is 27.9. The molecule has 1 N–H and O–H groups in total. The van der Waals surface area contributed by atoms with Crippen LogP contribution in [0.1, 0.15) is 207 Å². The molecule has 4 heteroatoms. The molecule has 0 radical (unpaired) electrons. The van der Waals surface area contributed by atoms with E-state index >= 15 is 0 Å². The first kappa shape index (κ1) is 62.2. The average Bonchev–Trinajstić information content (AvgIpc) is 3.77. The Kier molecular flexibility index (Phi) is 20.8. The molecule has 0 saturated carbocycles. The summed E-state index contributed by atoms with van der Waals surface area (Å²) in [7, 11) is 0. The lowest BCUT2D eigenvalue weighted by molar-refractivity contribution is 0.289. The maximum absolute atomic E-state index is 7.31. The van der Waals surface area contributed by atoms with E-state index in [4.69, 9.17) is 17.6 Å². The second-order valence-electron chi connectivity index (χ2n) is 27.9. The lowest BCUT2D eigenvalue weighted by Gasteiger charge is -2.43. The van der Waals surface area contributed by atoms with E-state index in [-0.39, 0.29) is 45.7 Å². The van der Waals surface area contributed by atoms with E-state index in [1.54, 1.807) is 0 Å². The van der Waals surface area contributed by atoms with Crippen LogP contribution in [0.5, 0.6) is 0 Å². The average molecular weight is 1030 g/mol. The van der Waals surface area contributed by atoms with Crippen molar-refractivity contribution in [2.45, 2.75) is 213 Å². The van der Waals surface area contributed by atoms with Gasteiger partial charge in [0.15, 0.2) is 0 Å². The summed E-state index contributed by atoms with van der Waals surface area (Å²) < 4.78 is 7.31. The molecule has 0 fully saturated rings. The van der Waals surface area contributed by atoms with Gasteiger partial charge in [-0.3, -0.25) is 0 Å². The van der Waals surface area contributed by atoms with Gasteiger partial charge in [0.05, 0.1) is 11.7 Å². The molecule has 1 aromatic carbocycles. The fraction of sp³-hybridized carbons (Fsp3) is 0.556. The first-order valence-electron chi connectivity index (χ1n) is 29.8. The maximum Gasteiger partial charge on any atom is 0.285 e. The lowest BCUT2D eigenvalue weighted by atomic mass is 9.40. The normalized spacial score (nSPS) is 22.1. The number of rotatable bonds is 21. The Morgan fingerprint density at radius 1 is 0.908 bits per heavy atom. The molecule has 1 aromatic heterocycles. The van der Waals surface area contributed by atoms with E-state index in [2.05, 4.69) is 234 Å².